The first-order chi connectivity index (χ1) is 9.31. The average Bonchev–Trinajstić information content (AvgIpc) is 2.37. The number of halogens is 2. The number of benzene rings is 1. The fraction of sp³-hybridized carbons (Fsp3) is 0.333. The molecule has 20 heavy (non-hydrogen) atoms. The monoisotopic (exact) mass is 354 g/mol. The number of hydrogen-bond acceptors (Lipinski definition) is 3. The van der Waals surface area contributed by atoms with E-state index in [1.165, 1.54) is 0 Å². The highest BCUT2D eigenvalue weighted by molar-refractivity contribution is 9.10. The number of nitrogens with zero attached hydrogens (tertiary/aromatic N) is 2. The summed E-state index contributed by atoms with van der Waals surface area (Å²) in [6, 6.07) is 7.35. The Labute approximate surface area is 132 Å². The predicted octanol–water partition coefficient (Wildman–Crippen LogP) is 4.87. The van der Waals surface area contributed by atoms with E-state index in [4.69, 9.17) is 16.3 Å². The molecular formula is C15H16BrClN2O. The maximum Gasteiger partial charge on any atom is 0.135 e. The molecule has 0 saturated carbocycles. The normalized spacial score (nSPS) is 11.5. The summed E-state index contributed by atoms with van der Waals surface area (Å²) in [6.07, 6.45) is 0. The summed E-state index contributed by atoms with van der Waals surface area (Å²) in [7, 11) is 1.63. The minimum absolute atomic E-state index is 0.135. The van der Waals surface area contributed by atoms with Gasteiger partial charge in [0.2, 0.25) is 0 Å². The molecule has 3 nitrogen and oxygen atoms in total. The second kappa shape index (κ2) is 5.70. The van der Waals surface area contributed by atoms with Crippen molar-refractivity contribution in [3.63, 3.8) is 0 Å². The Hall–Kier alpha value is -1.13. The first-order valence-corrected chi connectivity index (χ1v) is 7.37. The van der Waals surface area contributed by atoms with Crippen molar-refractivity contribution in [1.29, 1.82) is 0 Å². The van der Waals surface area contributed by atoms with E-state index in [0.717, 1.165) is 27.4 Å². The van der Waals surface area contributed by atoms with E-state index in [1.807, 2.05) is 18.2 Å². The molecule has 0 bridgehead atoms. The lowest BCUT2D eigenvalue weighted by Gasteiger charge is -2.18. The lowest BCUT2D eigenvalue weighted by atomic mass is 9.95. The van der Waals surface area contributed by atoms with Gasteiger partial charge in [-0.05, 0) is 40.2 Å². The first kappa shape index (κ1) is 15.3. The van der Waals surface area contributed by atoms with E-state index in [2.05, 4.69) is 46.7 Å². The van der Waals surface area contributed by atoms with E-state index in [1.54, 1.807) is 13.2 Å². The van der Waals surface area contributed by atoms with Crippen LogP contribution < -0.4 is 4.74 Å². The van der Waals surface area contributed by atoms with Gasteiger partial charge in [0, 0.05) is 16.0 Å². The molecule has 1 aromatic carbocycles. The van der Waals surface area contributed by atoms with Crippen LogP contribution in [0.5, 0.6) is 5.75 Å². The van der Waals surface area contributed by atoms with Crippen LogP contribution in [0.15, 0.2) is 28.9 Å². The van der Waals surface area contributed by atoms with Gasteiger partial charge in [-0.15, -0.1) is 0 Å². The maximum absolute atomic E-state index is 6.08. The van der Waals surface area contributed by atoms with Crippen LogP contribution in [0, 0.1) is 0 Å². The average molecular weight is 356 g/mol. The van der Waals surface area contributed by atoms with Gasteiger partial charge in [-0.25, -0.2) is 9.97 Å². The minimum atomic E-state index is -0.135. The Morgan fingerprint density at radius 1 is 1.15 bits per heavy atom. The second-order valence-corrected chi connectivity index (χ2v) is 6.74. The standard InChI is InChI=1S/C15H16BrClN2O/c1-15(2,3)14-18-11(8-13(16)19-14)10-7-9(17)5-6-12(10)20-4/h5-8H,1-4H3. The molecule has 2 aromatic rings. The lowest BCUT2D eigenvalue weighted by Crippen LogP contribution is -2.16. The van der Waals surface area contributed by atoms with Gasteiger partial charge in [0.05, 0.1) is 12.8 Å². The van der Waals surface area contributed by atoms with Gasteiger partial charge in [-0.1, -0.05) is 32.4 Å². The zero-order valence-electron chi connectivity index (χ0n) is 11.9. The Morgan fingerprint density at radius 2 is 1.85 bits per heavy atom. The maximum atomic E-state index is 6.08. The molecule has 2 rings (SSSR count). The molecule has 0 N–H and O–H groups in total. The third-order valence-corrected chi connectivity index (χ3v) is 3.44. The molecule has 0 atom stereocenters. The van der Waals surface area contributed by atoms with Gasteiger partial charge < -0.3 is 4.74 Å². The van der Waals surface area contributed by atoms with Crippen LogP contribution in [0.4, 0.5) is 0 Å². The minimum Gasteiger partial charge on any atom is -0.496 e. The molecule has 0 spiro atoms. The fourth-order valence-electron chi connectivity index (χ4n) is 1.77. The topological polar surface area (TPSA) is 35.0 Å². The van der Waals surface area contributed by atoms with Crippen molar-refractivity contribution in [2.45, 2.75) is 26.2 Å². The third-order valence-electron chi connectivity index (χ3n) is 2.80. The molecule has 0 amide bonds. The van der Waals surface area contributed by atoms with Crippen LogP contribution in [-0.4, -0.2) is 17.1 Å². The summed E-state index contributed by atoms with van der Waals surface area (Å²) in [4.78, 5) is 9.09. The lowest BCUT2D eigenvalue weighted by molar-refractivity contribution is 0.416. The molecule has 0 aliphatic carbocycles. The number of hydrogen-bond donors (Lipinski definition) is 0. The van der Waals surface area contributed by atoms with Crippen molar-refractivity contribution in [3.8, 4) is 17.0 Å². The molecule has 0 saturated heterocycles. The molecule has 0 aliphatic rings. The first-order valence-electron chi connectivity index (χ1n) is 6.20. The number of ether oxygens (including phenoxy) is 1. The van der Waals surface area contributed by atoms with E-state index in [-0.39, 0.29) is 5.41 Å². The number of methoxy groups -OCH3 is 1. The van der Waals surface area contributed by atoms with Gasteiger partial charge in [0.1, 0.15) is 16.2 Å². The van der Waals surface area contributed by atoms with Crippen LogP contribution in [0.2, 0.25) is 5.02 Å². The summed E-state index contributed by atoms with van der Waals surface area (Å²) < 4.78 is 6.13. The predicted molar refractivity (Wildman–Crippen MR) is 85.4 cm³/mol. The molecule has 5 heteroatoms. The Bertz CT molecular complexity index is 638. The van der Waals surface area contributed by atoms with Crippen molar-refractivity contribution < 1.29 is 4.74 Å². The second-order valence-electron chi connectivity index (χ2n) is 5.49. The Kier molecular flexibility index (Phi) is 4.35. The van der Waals surface area contributed by atoms with Crippen LogP contribution >= 0.6 is 27.5 Å². The summed E-state index contributed by atoms with van der Waals surface area (Å²) in [5.41, 5.74) is 1.51. The highest BCUT2D eigenvalue weighted by atomic mass is 79.9. The summed E-state index contributed by atoms with van der Waals surface area (Å²) in [5, 5.41) is 0.646. The zero-order chi connectivity index (χ0) is 14.9. The SMILES string of the molecule is COc1ccc(Cl)cc1-c1cc(Br)nc(C(C)(C)C)n1. The summed E-state index contributed by atoms with van der Waals surface area (Å²) in [6.45, 7) is 6.23. The van der Waals surface area contributed by atoms with Gasteiger partial charge in [-0.2, -0.15) is 0 Å². The van der Waals surface area contributed by atoms with E-state index < -0.39 is 0 Å². The van der Waals surface area contributed by atoms with Crippen LogP contribution in [0.25, 0.3) is 11.3 Å². The highest BCUT2D eigenvalue weighted by Crippen LogP contribution is 2.33. The molecule has 106 valence electrons. The Morgan fingerprint density at radius 3 is 2.45 bits per heavy atom. The largest absolute Gasteiger partial charge is 0.496 e. The van der Waals surface area contributed by atoms with Crippen LogP contribution in [0.3, 0.4) is 0 Å². The van der Waals surface area contributed by atoms with Crippen molar-refractivity contribution in [3.05, 3.63) is 39.7 Å². The Balaban J connectivity index is 2.64. The van der Waals surface area contributed by atoms with Gasteiger partial charge in [0.15, 0.2) is 0 Å². The molecule has 0 unspecified atom stereocenters. The molecule has 0 aliphatic heterocycles. The van der Waals surface area contributed by atoms with E-state index in [9.17, 15) is 0 Å². The smallest absolute Gasteiger partial charge is 0.135 e. The van der Waals surface area contributed by atoms with Crippen molar-refractivity contribution in [1.82, 2.24) is 9.97 Å². The third kappa shape index (κ3) is 3.30. The van der Waals surface area contributed by atoms with Gasteiger partial charge in [0.25, 0.3) is 0 Å². The van der Waals surface area contributed by atoms with Crippen molar-refractivity contribution in [2.75, 3.05) is 7.11 Å². The molecule has 1 heterocycles. The summed E-state index contributed by atoms with van der Waals surface area (Å²) >= 11 is 9.53. The zero-order valence-corrected chi connectivity index (χ0v) is 14.2. The summed E-state index contributed by atoms with van der Waals surface area (Å²) in [5.74, 6) is 1.50. The van der Waals surface area contributed by atoms with Gasteiger partial charge >= 0.3 is 0 Å². The number of rotatable bonds is 2. The van der Waals surface area contributed by atoms with Crippen LogP contribution in [0.1, 0.15) is 26.6 Å². The van der Waals surface area contributed by atoms with Crippen LogP contribution in [-0.2, 0) is 5.41 Å². The number of aromatic nitrogens is 2. The van der Waals surface area contributed by atoms with Gasteiger partial charge in [-0.3, -0.25) is 0 Å². The highest BCUT2D eigenvalue weighted by Gasteiger charge is 2.20. The van der Waals surface area contributed by atoms with Crippen molar-refractivity contribution in [2.24, 2.45) is 0 Å². The van der Waals surface area contributed by atoms with Crippen molar-refractivity contribution >= 4 is 27.5 Å². The quantitative estimate of drug-likeness (QED) is 0.721. The fourth-order valence-corrected chi connectivity index (χ4v) is 2.33. The van der Waals surface area contributed by atoms with E-state index in [0.29, 0.717) is 5.02 Å². The molecular weight excluding hydrogens is 340 g/mol. The van der Waals surface area contributed by atoms with E-state index >= 15 is 0 Å². The molecule has 0 fully saturated rings. The molecule has 1 aromatic heterocycles. The molecule has 0 radical (unpaired) electrons.